The Morgan fingerprint density at radius 1 is 0.556 bits per heavy atom. The van der Waals surface area contributed by atoms with Gasteiger partial charge in [0.1, 0.15) is 11.6 Å². The van der Waals surface area contributed by atoms with Crippen LogP contribution in [0.25, 0.3) is 56.4 Å². The number of aromatic nitrogens is 6. The van der Waals surface area contributed by atoms with E-state index < -0.39 is 6.10 Å². The number of nitrogens with zero attached hydrogens (tertiary/aromatic N) is 6. The quantitative estimate of drug-likeness (QED) is 0.122. The number of allylic oxidation sites excluding steroid dienone is 1. The molecule has 2 aromatic heterocycles. The summed E-state index contributed by atoms with van der Waals surface area (Å²) in [5.41, 5.74) is 15.2. The van der Waals surface area contributed by atoms with Crippen molar-refractivity contribution >= 4 is 0 Å². The van der Waals surface area contributed by atoms with E-state index in [4.69, 9.17) is 10.2 Å². The van der Waals surface area contributed by atoms with Gasteiger partial charge in [0.25, 0.3) is 0 Å². The van der Waals surface area contributed by atoms with Gasteiger partial charge in [-0.05, 0) is 102 Å². The van der Waals surface area contributed by atoms with Gasteiger partial charge in [-0.15, -0.1) is 51.2 Å². The molecule has 0 fully saturated rings. The molecule has 2 aliphatic carbocycles. The second kappa shape index (κ2) is 20.7. The van der Waals surface area contributed by atoms with E-state index in [1.807, 2.05) is 42.5 Å². The van der Waals surface area contributed by atoms with Gasteiger partial charge in [-0.2, -0.15) is 5.10 Å². The zero-order valence-corrected chi connectivity index (χ0v) is 41.0. The van der Waals surface area contributed by atoms with Crippen molar-refractivity contribution in [3.05, 3.63) is 191 Å². The van der Waals surface area contributed by atoms with Crippen LogP contribution in [-0.4, -0.2) is 45.8 Å². The van der Waals surface area contributed by atoms with Crippen molar-refractivity contribution in [3.8, 4) is 56.4 Å². The molecule has 6 aromatic carbocycles. The second-order valence-electron chi connectivity index (χ2n) is 16.3. The third-order valence-corrected chi connectivity index (χ3v) is 10.9. The van der Waals surface area contributed by atoms with Gasteiger partial charge < -0.3 is 14.8 Å². The van der Waals surface area contributed by atoms with Crippen LogP contribution in [-0.2, 0) is 53.1 Å². The number of fused-ring (bicyclic) bond motifs is 6. The number of aliphatic hydroxyl groups is 2. The smallest absolute Gasteiger partial charge is 0.168 e. The molecule has 2 aliphatic rings. The molecular formula is C53H51Ir2N6O2-. The molecule has 63 heavy (non-hydrogen) atoms. The molecule has 2 N–H and O–H groups in total. The average Bonchev–Trinajstić information content (AvgIpc) is 4.06. The molecule has 2 heterocycles. The molecule has 1 atom stereocenters. The van der Waals surface area contributed by atoms with Crippen molar-refractivity contribution in [1.82, 2.24) is 29.5 Å². The number of rotatable bonds is 7. The molecule has 324 valence electrons. The Balaban J connectivity index is 0.000000178. The Morgan fingerprint density at radius 3 is 1.48 bits per heavy atom. The average molecular weight is 1190 g/mol. The molecule has 0 bridgehead atoms. The van der Waals surface area contributed by atoms with Gasteiger partial charge in [-0.3, -0.25) is 4.57 Å². The minimum Gasteiger partial charge on any atom is -0.513 e. The van der Waals surface area contributed by atoms with Crippen LogP contribution in [0.5, 0.6) is 0 Å². The standard InChI is InChI=1S/C24H21N3.C24H20N3.C5H10O2.2Ir/c2*1-16(2)23-25-26-24(17-8-4-3-5-9-17)27(23)20-12-13-22-19(15-20)14-18-10-6-7-11-21(18)22;1-4(6)3-5(2)7;;/h3-13,15-16H,14H2,1-2H3;3-8,10-13,15-16H,14H2,1-2H3;3-4,6-7H,1-2H3;;/q;-1;;;. The van der Waals surface area contributed by atoms with Crippen LogP contribution in [0.1, 0.15) is 87.3 Å². The van der Waals surface area contributed by atoms with Gasteiger partial charge in [-0.25, -0.2) is 0 Å². The van der Waals surface area contributed by atoms with Crippen molar-refractivity contribution in [2.45, 2.75) is 72.3 Å². The predicted molar refractivity (Wildman–Crippen MR) is 245 cm³/mol. The Kier molecular flexibility index (Phi) is 15.4. The van der Waals surface area contributed by atoms with E-state index in [0.717, 1.165) is 58.6 Å². The van der Waals surface area contributed by atoms with Crippen molar-refractivity contribution < 1.29 is 50.4 Å². The van der Waals surface area contributed by atoms with Crippen LogP contribution < -0.4 is 0 Å². The van der Waals surface area contributed by atoms with Crippen molar-refractivity contribution in [3.63, 3.8) is 0 Å². The fourth-order valence-electron chi connectivity index (χ4n) is 8.22. The summed E-state index contributed by atoms with van der Waals surface area (Å²) in [5.74, 6) is 4.43. The molecule has 10 rings (SSSR count). The largest absolute Gasteiger partial charge is 0.513 e. The van der Waals surface area contributed by atoms with Gasteiger partial charge in [0.15, 0.2) is 5.82 Å². The first-order valence-corrected chi connectivity index (χ1v) is 21.0. The van der Waals surface area contributed by atoms with E-state index in [-0.39, 0.29) is 51.9 Å². The summed E-state index contributed by atoms with van der Waals surface area (Å²) in [5, 5.41) is 34.9. The van der Waals surface area contributed by atoms with Crippen LogP contribution in [0.4, 0.5) is 0 Å². The summed E-state index contributed by atoms with van der Waals surface area (Å²) in [6.45, 7) is 11.7. The monoisotopic (exact) mass is 1190 g/mol. The molecular weight excluding hydrogens is 1140 g/mol. The predicted octanol–water partition coefficient (Wildman–Crippen LogP) is 11.9. The zero-order chi connectivity index (χ0) is 42.6. The van der Waals surface area contributed by atoms with E-state index in [1.54, 1.807) is 6.92 Å². The van der Waals surface area contributed by atoms with Gasteiger partial charge >= 0.3 is 0 Å². The summed E-state index contributed by atoms with van der Waals surface area (Å²) in [6, 6.07) is 52.3. The summed E-state index contributed by atoms with van der Waals surface area (Å²) in [7, 11) is 0. The molecule has 2 radical (unpaired) electrons. The van der Waals surface area contributed by atoms with E-state index in [9.17, 15) is 0 Å². The zero-order valence-electron chi connectivity index (χ0n) is 36.2. The van der Waals surface area contributed by atoms with Crippen LogP contribution >= 0.6 is 0 Å². The van der Waals surface area contributed by atoms with Gasteiger partial charge in [-0.1, -0.05) is 119 Å². The summed E-state index contributed by atoms with van der Waals surface area (Å²) >= 11 is 0. The summed E-state index contributed by atoms with van der Waals surface area (Å²) in [4.78, 5) is 0. The maximum atomic E-state index is 8.49. The minimum atomic E-state index is -0.537. The van der Waals surface area contributed by atoms with E-state index in [2.05, 4.69) is 160 Å². The van der Waals surface area contributed by atoms with E-state index in [0.29, 0.717) is 5.92 Å². The Hall–Kier alpha value is -5.60. The van der Waals surface area contributed by atoms with Gasteiger partial charge in [0.05, 0.1) is 17.7 Å². The number of hydrogen-bond donors (Lipinski definition) is 2. The Bertz CT molecular complexity index is 2640. The molecule has 1 unspecified atom stereocenters. The molecule has 8 aromatic rings. The first kappa shape index (κ1) is 46.9. The fourth-order valence-corrected chi connectivity index (χ4v) is 8.22. The molecule has 0 spiro atoms. The SMILES string of the molecule is CC(C)c1nnc(-c2[c-]cccc2)n1-c1ccc2c(c1)Cc1ccccc1-2.CC(C)c1nnc(-c2ccccc2)n1-c1ccc2c(c1)Cc1ccccc1-2.CC(O)=CC(C)O.[Ir].[Ir]. The molecule has 10 heteroatoms. The number of aliphatic hydroxyl groups excluding tert-OH is 2. The normalized spacial score (nSPS) is 12.4. The van der Waals surface area contributed by atoms with Crippen LogP contribution in [0.2, 0.25) is 0 Å². The molecule has 0 aliphatic heterocycles. The van der Waals surface area contributed by atoms with Crippen molar-refractivity contribution in [1.29, 1.82) is 0 Å². The fraction of sp³-hybridized carbons (Fsp3) is 0.208. The molecule has 0 saturated carbocycles. The minimum absolute atomic E-state index is 0. The third kappa shape index (κ3) is 10.1. The third-order valence-electron chi connectivity index (χ3n) is 10.9. The van der Waals surface area contributed by atoms with Crippen LogP contribution in [0, 0.1) is 6.07 Å². The second-order valence-corrected chi connectivity index (χ2v) is 16.3. The van der Waals surface area contributed by atoms with Crippen LogP contribution in [0.3, 0.4) is 0 Å². The van der Waals surface area contributed by atoms with Gasteiger partial charge in [0, 0.05) is 69.0 Å². The number of benzene rings is 6. The topological polar surface area (TPSA) is 102 Å². The first-order chi connectivity index (χ1) is 29.6. The molecule has 0 saturated heterocycles. The van der Waals surface area contributed by atoms with E-state index >= 15 is 0 Å². The Morgan fingerprint density at radius 2 is 1.02 bits per heavy atom. The maximum Gasteiger partial charge on any atom is 0.168 e. The Labute approximate surface area is 397 Å². The summed E-state index contributed by atoms with van der Waals surface area (Å²) < 4.78 is 4.39. The maximum absolute atomic E-state index is 8.49. The number of hydrogen-bond acceptors (Lipinski definition) is 6. The van der Waals surface area contributed by atoms with Crippen molar-refractivity contribution in [2.24, 2.45) is 0 Å². The van der Waals surface area contributed by atoms with Crippen LogP contribution in [0.15, 0.2) is 151 Å². The first-order valence-electron chi connectivity index (χ1n) is 21.0. The molecule has 8 nitrogen and oxygen atoms in total. The van der Waals surface area contributed by atoms with Crippen molar-refractivity contribution in [2.75, 3.05) is 0 Å². The molecule has 0 amide bonds. The van der Waals surface area contributed by atoms with Gasteiger partial charge in [0.2, 0.25) is 0 Å². The summed E-state index contributed by atoms with van der Waals surface area (Å²) in [6.07, 6.45) is 2.79. The van der Waals surface area contributed by atoms with E-state index in [1.165, 1.54) is 57.5 Å².